The molecule has 0 saturated carbocycles. The lowest BCUT2D eigenvalue weighted by atomic mass is 10.0. The molecule has 4 N–H and O–H groups in total. The number of nitrogens with two attached hydrogens (primary N) is 1. The van der Waals surface area contributed by atoms with E-state index in [1.807, 2.05) is 24.3 Å². The minimum Gasteiger partial charge on any atom is -0.497 e. The monoisotopic (exact) mass is 455 g/mol. The summed E-state index contributed by atoms with van der Waals surface area (Å²) in [6.07, 6.45) is 20.6. The molecular weight excluding hydrogens is 410 g/mol. The van der Waals surface area contributed by atoms with Crippen molar-refractivity contribution in [3.8, 4) is 5.75 Å². The topological polar surface area (TPSA) is 85.1 Å². The first-order chi connectivity index (χ1) is 16.2. The third-order valence-corrected chi connectivity index (χ3v) is 6.06. The molecule has 0 aliphatic rings. The fourth-order valence-corrected chi connectivity index (χ4v) is 3.97. The largest absolute Gasteiger partial charge is 0.497 e. The number of benzene rings is 1. The quantitative estimate of drug-likeness (QED) is 0.188. The number of rotatable bonds is 19. The van der Waals surface area contributed by atoms with Gasteiger partial charge in [-0.25, -0.2) is 9.97 Å². The Morgan fingerprint density at radius 3 is 1.79 bits per heavy atom. The number of ether oxygens (including phenoxy) is 1. The van der Waals surface area contributed by atoms with Crippen molar-refractivity contribution in [2.75, 3.05) is 30.0 Å². The van der Waals surface area contributed by atoms with Crippen LogP contribution in [-0.4, -0.2) is 23.6 Å². The lowest BCUT2D eigenvalue weighted by Gasteiger charge is -2.13. The molecule has 0 amide bonds. The smallest absolute Gasteiger partial charge is 0.159 e. The molecule has 1 heterocycles. The highest BCUT2D eigenvalue weighted by Gasteiger charge is 2.08. The molecule has 1 aromatic heterocycles. The summed E-state index contributed by atoms with van der Waals surface area (Å²) in [6.45, 7) is 3.16. The summed E-state index contributed by atoms with van der Waals surface area (Å²) in [5.41, 5.74) is 7.72. The van der Waals surface area contributed by atoms with Crippen LogP contribution in [0.3, 0.4) is 0 Å². The molecule has 0 spiro atoms. The van der Waals surface area contributed by atoms with Crippen molar-refractivity contribution in [2.24, 2.45) is 0 Å². The van der Waals surface area contributed by atoms with Gasteiger partial charge in [0.05, 0.1) is 7.11 Å². The second kappa shape index (κ2) is 17.0. The number of unbranched alkanes of at least 4 members (excludes halogenated alkanes) is 13. The average molecular weight is 456 g/mol. The van der Waals surface area contributed by atoms with Gasteiger partial charge in [-0.15, -0.1) is 0 Å². The molecule has 33 heavy (non-hydrogen) atoms. The van der Waals surface area contributed by atoms with Gasteiger partial charge in [0.2, 0.25) is 0 Å². The zero-order valence-corrected chi connectivity index (χ0v) is 20.9. The SMILES string of the molecule is CCCCCCCCCCCCCCCCNc1ncnc(Nc2ccc(OC)cc2)c1N. The molecule has 0 radical (unpaired) electrons. The Morgan fingerprint density at radius 2 is 1.24 bits per heavy atom. The molecule has 2 aromatic rings. The predicted octanol–water partition coefficient (Wildman–Crippen LogP) is 7.70. The van der Waals surface area contributed by atoms with E-state index >= 15 is 0 Å². The van der Waals surface area contributed by atoms with E-state index in [0.29, 0.717) is 17.3 Å². The van der Waals surface area contributed by atoms with Crippen LogP contribution in [0.5, 0.6) is 5.75 Å². The summed E-state index contributed by atoms with van der Waals surface area (Å²) in [4.78, 5) is 8.58. The van der Waals surface area contributed by atoms with Crippen LogP contribution in [0.25, 0.3) is 0 Å². The van der Waals surface area contributed by atoms with Crippen molar-refractivity contribution in [3.05, 3.63) is 30.6 Å². The molecule has 0 unspecified atom stereocenters. The van der Waals surface area contributed by atoms with Gasteiger partial charge in [0.1, 0.15) is 17.8 Å². The zero-order chi connectivity index (χ0) is 23.6. The predicted molar refractivity (Wildman–Crippen MR) is 142 cm³/mol. The van der Waals surface area contributed by atoms with Crippen LogP contribution in [0.4, 0.5) is 23.0 Å². The van der Waals surface area contributed by atoms with Crippen LogP contribution in [0, 0.1) is 0 Å². The van der Waals surface area contributed by atoms with Crippen molar-refractivity contribution >= 4 is 23.0 Å². The Bertz CT molecular complexity index is 751. The van der Waals surface area contributed by atoms with E-state index in [9.17, 15) is 0 Å². The number of hydrogen-bond donors (Lipinski definition) is 3. The van der Waals surface area contributed by atoms with E-state index in [-0.39, 0.29) is 0 Å². The molecule has 6 nitrogen and oxygen atoms in total. The van der Waals surface area contributed by atoms with Gasteiger partial charge in [-0.2, -0.15) is 0 Å². The first-order valence-electron chi connectivity index (χ1n) is 13.0. The van der Waals surface area contributed by atoms with Gasteiger partial charge in [-0.3, -0.25) is 0 Å². The summed E-state index contributed by atoms with van der Waals surface area (Å²) in [5.74, 6) is 2.11. The van der Waals surface area contributed by atoms with Gasteiger partial charge >= 0.3 is 0 Å². The van der Waals surface area contributed by atoms with Gasteiger partial charge in [-0.1, -0.05) is 90.4 Å². The summed E-state index contributed by atoms with van der Waals surface area (Å²) < 4.78 is 5.19. The third-order valence-electron chi connectivity index (χ3n) is 6.06. The third kappa shape index (κ3) is 11.3. The maximum absolute atomic E-state index is 6.27. The number of hydrogen-bond acceptors (Lipinski definition) is 6. The second-order valence-corrected chi connectivity index (χ2v) is 8.86. The van der Waals surface area contributed by atoms with Gasteiger partial charge < -0.3 is 21.1 Å². The Kier molecular flexibility index (Phi) is 13.8. The number of nitrogens with one attached hydrogen (secondary N) is 2. The highest BCUT2D eigenvalue weighted by atomic mass is 16.5. The maximum atomic E-state index is 6.27. The molecule has 0 atom stereocenters. The van der Waals surface area contributed by atoms with Crippen molar-refractivity contribution in [1.82, 2.24) is 9.97 Å². The molecule has 1 aromatic carbocycles. The molecule has 184 valence electrons. The van der Waals surface area contributed by atoms with E-state index < -0.39 is 0 Å². The first-order valence-corrected chi connectivity index (χ1v) is 13.0. The molecule has 0 saturated heterocycles. The normalized spacial score (nSPS) is 10.8. The van der Waals surface area contributed by atoms with Crippen LogP contribution < -0.4 is 21.1 Å². The molecule has 6 heteroatoms. The molecule has 0 fully saturated rings. The zero-order valence-electron chi connectivity index (χ0n) is 20.9. The number of nitrogen functional groups attached to an aromatic ring is 1. The van der Waals surface area contributed by atoms with Crippen LogP contribution in [0.15, 0.2) is 30.6 Å². The van der Waals surface area contributed by atoms with E-state index in [0.717, 1.165) is 24.4 Å². The van der Waals surface area contributed by atoms with Crippen molar-refractivity contribution in [1.29, 1.82) is 0 Å². The average Bonchev–Trinajstić information content (AvgIpc) is 2.84. The summed E-state index contributed by atoms with van der Waals surface area (Å²) in [6, 6.07) is 7.66. The van der Waals surface area contributed by atoms with Gasteiger partial charge in [0.25, 0.3) is 0 Å². The van der Waals surface area contributed by atoms with Gasteiger partial charge in [0.15, 0.2) is 11.6 Å². The van der Waals surface area contributed by atoms with Crippen LogP contribution >= 0.6 is 0 Å². The Morgan fingerprint density at radius 1 is 0.727 bits per heavy atom. The van der Waals surface area contributed by atoms with E-state index in [2.05, 4.69) is 27.5 Å². The highest BCUT2D eigenvalue weighted by Crippen LogP contribution is 2.26. The lowest BCUT2D eigenvalue weighted by Crippen LogP contribution is -2.09. The molecule has 0 aliphatic carbocycles. The minimum atomic E-state index is 0.540. The van der Waals surface area contributed by atoms with Crippen LogP contribution in [0.2, 0.25) is 0 Å². The molecule has 0 aliphatic heterocycles. The van der Waals surface area contributed by atoms with Crippen LogP contribution in [-0.2, 0) is 0 Å². The fraction of sp³-hybridized carbons (Fsp3) is 0.630. The minimum absolute atomic E-state index is 0.540. The maximum Gasteiger partial charge on any atom is 0.159 e. The molecule has 2 rings (SSSR count). The molecule has 0 bridgehead atoms. The van der Waals surface area contributed by atoms with Crippen molar-refractivity contribution < 1.29 is 4.74 Å². The fourth-order valence-electron chi connectivity index (χ4n) is 3.97. The van der Waals surface area contributed by atoms with Gasteiger partial charge in [0, 0.05) is 12.2 Å². The lowest BCUT2D eigenvalue weighted by molar-refractivity contribution is 0.415. The van der Waals surface area contributed by atoms with E-state index in [1.165, 1.54) is 89.8 Å². The number of aromatic nitrogens is 2. The Labute approximate surface area is 201 Å². The summed E-state index contributed by atoms with van der Waals surface area (Å²) in [7, 11) is 1.65. The second-order valence-electron chi connectivity index (χ2n) is 8.86. The Balaban J connectivity index is 1.52. The first kappa shape index (κ1) is 26.7. The van der Waals surface area contributed by atoms with Crippen LogP contribution in [0.1, 0.15) is 96.8 Å². The molecular formula is C27H45N5O. The van der Waals surface area contributed by atoms with Gasteiger partial charge in [-0.05, 0) is 30.7 Å². The highest BCUT2D eigenvalue weighted by molar-refractivity contribution is 5.77. The number of methoxy groups -OCH3 is 1. The summed E-state index contributed by atoms with van der Waals surface area (Å²) >= 11 is 0. The van der Waals surface area contributed by atoms with Crippen molar-refractivity contribution in [3.63, 3.8) is 0 Å². The van der Waals surface area contributed by atoms with E-state index in [1.54, 1.807) is 7.11 Å². The van der Waals surface area contributed by atoms with Crippen molar-refractivity contribution in [2.45, 2.75) is 96.8 Å². The number of nitrogens with zero attached hydrogens (tertiary/aromatic N) is 2. The summed E-state index contributed by atoms with van der Waals surface area (Å²) in [5, 5.41) is 6.61. The standard InChI is InChI=1S/C27H45N5O/c1-3-4-5-6-7-8-9-10-11-12-13-14-15-16-21-29-26-25(28)27(31-22-30-26)32-23-17-19-24(33-2)20-18-23/h17-20,22H,3-16,21,28H2,1-2H3,(H2,29,30,31,32). The van der Waals surface area contributed by atoms with E-state index in [4.69, 9.17) is 10.5 Å². The number of anilines is 4. The Hall–Kier alpha value is -2.50.